The van der Waals surface area contributed by atoms with E-state index in [0.29, 0.717) is 0 Å². The van der Waals surface area contributed by atoms with Crippen molar-refractivity contribution in [2.24, 2.45) is 5.73 Å². The van der Waals surface area contributed by atoms with E-state index < -0.39 is 24.2 Å². The molecule has 0 aromatic heterocycles. The lowest BCUT2D eigenvalue weighted by Crippen LogP contribution is -2.52. The van der Waals surface area contributed by atoms with Crippen LogP contribution in [0.25, 0.3) is 0 Å². The van der Waals surface area contributed by atoms with Crippen molar-refractivity contribution in [2.75, 3.05) is 13.2 Å². The van der Waals surface area contributed by atoms with Gasteiger partial charge in [-0.1, -0.05) is 30.3 Å². The Morgan fingerprint density at radius 2 is 1.81 bits per heavy atom. The minimum absolute atomic E-state index is 0.210. The number of carbonyl (C=O) groups is 2. The summed E-state index contributed by atoms with van der Waals surface area (Å²) in [5.41, 5.74) is 6.30. The van der Waals surface area contributed by atoms with Gasteiger partial charge in [-0.15, -0.1) is 0 Å². The monoisotopic (exact) mass is 382 g/mol. The number of likely N-dealkylation sites (tertiary alicyclic amines) is 1. The van der Waals surface area contributed by atoms with Crippen molar-refractivity contribution < 1.29 is 34.5 Å². The molecule has 150 valence electrons. The molecule has 0 unspecified atom stereocenters. The number of aliphatic hydroxyl groups excluding tert-OH is 2. The van der Waals surface area contributed by atoms with E-state index in [2.05, 4.69) is 24.0 Å². The molecular formula is C18H26N2O7. The van der Waals surface area contributed by atoms with Crippen molar-refractivity contribution in [1.82, 2.24) is 4.90 Å². The molecule has 1 aliphatic rings. The number of nitrogens with zero attached hydrogens (tertiary/aromatic N) is 1. The lowest BCUT2D eigenvalue weighted by Gasteiger charge is -2.37. The largest absolute Gasteiger partial charge is 0.479 e. The topological polar surface area (TPSA) is 158 Å². The third-order valence-corrected chi connectivity index (χ3v) is 4.43. The number of aliphatic hydroxyl groups is 2. The number of benzene rings is 1. The Kier molecular flexibility index (Phi) is 10.8. The van der Waals surface area contributed by atoms with Crippen LogP contribution in [0, 0.1) is 0 Å². The molecule has 9 heteroatoms. The van der Waals surface area contributed by atoms with Crippen molar-refractivity contribution in [2.45, 2.75) is 44.4 Å². The summed E-state index contributed by atoms with van der Waals surface area (Å²) in [6.45, 7) is 4.31. The number of amides is 1. The molecule has 0 saturated carbocycles. The Bertz CT molecular complexity index is 632. The molecule has 27 heavy (non-hydrogen) atoms. The normalized spacial score (nSPS) is 20.7. The lowest BCUT2D eigenvalue weighted by molar-refractivity contribution is -0.191. The van der Waals surface area contributed by atoms with Crippen LogP contribution in [0.4, 0.5) is 0 Å². The Morgan fingerprint density at radius 3 is 2.19 bits per heavy atom. The molecule has 5 N–H and O–H groups in total. The fourth-order valence-electron chi connectivity index (χ4n) is 2.86. The standard InChI is InChI=1S/C14H20N2O.C3H6O4.CO2/c1-11(12-7-4-3-5-8-12)16-10-6-9-14(16,2)13(15)17;4-1-2(5)3(6)7;2-1-3/h3-5,7-8,11H,6,9-10H2,1-2H3,(H2,15,17);2,4-5H,1H2,(H,6,7);/t11-,14+;2-;/m10./s1. The molecule has 1 saturated heterocycles. The predicted octanol–water partition coefficient (Wildman–Crippen LogP) is -0.0719. The van der Waals surface area contributed by atoms with Gasteiger partial charge in [-0.3, -0.25) is 9.69 Å². The van der Waals surface area contributed by atoms with Crippen LogP contribution in [0.3, 0.4) is 0 Å². The van der Waals surface area contributed by atoms with Gasteiger partial charge in [0.25, 0.3) is 0 Å². The van der Waals surface area contributed by atoms with Crippen molar-refractivity contribution in [3.63, 3.8) is 0 Å². The van der Waals surface area contributed by atoms with Gasteiger partial charge in [-0.25, -0.2) is 4.79 Å². The number of hydrogen-bond acceptors (Lipinski definition) is 7. The second kappa shape index (κ2) is 11.9. The number of nitrogens with two attached hydrogens (primary N) is 1. The SMILES string of the molecule is C[C@H](c1ccccc1)N1CCC[C@@]1(C)C(N)=O.O=C(O)[C@@H](O)CO.O=C=O. The highest BCUT2D eigenvalue weighted by molar-refractivity contribution is 5.84. The van der Waals surface area contributed by atoms with Crippen molar-refractivity contribution in [3.05, 3.63) is 35.9 Å². The van der Waals surface area contributed by atoms with Gasteiger partial charge in [-0.2, -0.15) is 9.59 Å². The molecule has 1 heterocycles. The van der Waals surface area contributed by atoms with Crippen LogP contribution >= 0.6 is 0 Å². The van der Waals surface area contributed by atoms with Gasteiger partial charge in [-0.05, 0) is 38.8 Å². The minimum atomic E-state index is -1.63. The Morgan fingerprint density at radius 1 is 1.30 bits per heavy atom. The highest BCUT2D eigenvalue weighted by atomic mass is 16.4. The molecular weight excluding hydrogens is 356 g/mol. The fraction of sp³-hybridized carbons (Fsp3) is 0.500. The quantitative estimate of drug-likeness (QED) is 0.551. The van der Waals surface area contributed by atoms with E-state index >= 15 is 0 Å². The minimum Gasteiger partial charge on any atom is -0.479 e. The Labute approximate surface area is 157 Å². The van der Waals surface area contributed by atoms with Gasteiger partial charge in [0.05, 0.1) is 12.1 Å². The van der Waals surface area contributed by atoms with Crippen molar-refractivity contribution >= 4 is 18.0 Å². The van der Waals surface area contributed by atoms with E-state index in [1.54, 1.807) is 0 Å². The Hall–Kier alpha value is -2.58. The highest BCUT2D eigenvalue weighted by Gasteiger charge is 2.43. The number of carboxylic acids is 1. The van der Waals surface area contributed by atoms with Crippen LogP contribution in [-0.2, 0) is 19.2 Å². The first-order chi connectivity index (χ1) is 12.6. The molecule has 2 rings (SSSR count). The number of hydrogen-bond donors (Lipinski definition) is 4. The first kappa shape index (κ1) is 24.4. The first-order valence-corrected chi connectivity index (χ1v) is 8.28. The summed E-state index contributed by atoms with van der Waals surface area (Å²) in [6, 6.07) is 10.5. The van der Waals surface area contributed by atoms with E-state index in [-0.39, 0.29) is 18.1 Å². The van der Waals surface area contributed by atoms with Crippen molar-refractivity contribution in [1.29, 1.82) is 0 Å². The van der Waals surface area contributed by atoms with Gasteiger partial charge < -0.3 is 21.1 Å². The van der Waals surface area contributed by atoms with Gasteiger partial charge >= 0.3 is 12.1 Å². The van der Waals surface area contributed by atoms with Gasteiger partial charge in [0, 0.05) is 6.04 Å². The van der Waals surface area contributed by atoms with Gasteiger partial charge in [0.2, 0.25) is 5.91 Å². The average molecular weight is 382 g/mol. The zero-order valence-electron chi connectivity index (χ0n) is 15.4. The summed E-state index contributed by atoms with van der Waals surface area (Å²) >= 11 is 0. The molecule has 0 radical (unpaired) electrons. The molecule has 0 spiro atoms. The van der Waals surface area contributed by atoms with Gasteiger partial charge in [0.1, 0.15) is 0 Å². The lowest BCUT2D eigenvalue weighted by atomic mass is 9.95. The number of aliphatic carboxylic acids is 1. The summed E-state index contributed by atoms with van der Waals surface area (Å²) in [4.78, 5) is 39.6. The van der Waals surface area contributed by atoms with Crippen LogP contribution in [0.5, 0.6) is 0 Å². The third-order valence-electron chi connectivity index (χ3n) is 4.43. The van der Waals surface area contributed by atoms with E-state index in [1.807, 2.05) is 25.1 Å². The summed E-state index contributed by atoms with van der Waals surface area (Å²) in [5.74, 6) is -1.61. The average Bonchev–Trinajstić information content (AvgIpc) is 3.05. The molecule has 1 aliphatic heterocycles. The second-order valence-electron chi connectivity index (χ2n) is 6.14. The van der Waals surface area contributed by atoms with Crippen LogP contribution in [0.15, 0.2) is 30.3 Å². The van der Waals surface area contributed by atoms with Gasteiger partial charge in [0.15, 0.2) is 6.10 Å². The number of primary amides is 1. The predicted molar refractivity (Wildman–Crippen MR) is 94.1 cm³/mol. The van der Waals surface area contributed by atoms with E-state index in [0.717, 1.165) is 19.4 Å². The smallest absolute Gasteiger partial charge is 0.373 e. The summed E-state index contributed by atoms with van der Waals surface area (Å²) < 4.78 is 0. The first-order valence-electron chi connectivity index (χ1n) is 8.28. The maximum atomic E-state index is 11.7. The molecule has 9 nitrogen and oxygen atoms in total. The zero-order chi connectivity index (χ0) is 21.0. The van der Waals surface area contributed by atoms with E-state index in [9.17, 15) is 9.59 Å². The molecule has 1 fully saturated rings. The van der Waals surface area contributed by atoms with Crippen LogP contribution in [-0.4, -0.2) is 63.0 Å². The molecule has 1 aromatic carbocycles. The van der Waals surface area contributed by atoms with Crippen LogP contribution in [0.2, 0.25) is 0 Å². The fourth-order valence-corrected chi connectivity index (χ4v) is 2.86. The summed E-state index contributed by atoms with van der Waals surface area (Å²) in [7, 11) is 0. The molecule has 3 atom stereocenters. The molecule has 1 aromatic rings. The van der Waals surface area contributed by atoms with E-state index in [1.165, 1.54) is 5.56 Å². The highest BCUT2D eigenvalue weighted by Crippen LogP contribution is 2.36. The molecule has 0 aliphatic carbocycles. The van der Waals surface area contributed by atoms with E-state index in [4.69, 9.17) is 30.6 Å². The second-order valence-corrected chi connectivity index (χ2v) is 6.14. The maximum Gasteiger partial charge on any atom is 0.373 e. The number of carboxylic acid groups (broad SMARTS) is 1. The zero-order valence-corrected chi connectivity index (χ0v) is 15.4. The van der Waals surface area contributed by atoms with Crippen LogP contribution < -0.4 is 5.73 Å². The third kappa shape index (κ3) is 7.28. The molecule has 1 amide bonds. The number of carbonyl (C=O) groups excluding carboxylic acids is 3. The van der Waals surface area contributed by atoms with Crippen molar-refractivity contribution in [3.8, 4) is 0 Å². The Balaban J connectivity index is 0.000000568. The summed E-state index contributed by atoms with van der Waals surface area (Å²) in [6.07, 6.45) is 0.524. The number of rotatable bonds is 5. The maximum absolute atomic E-state index is 11.7. The van der Waals surface area contributed by atoms with Crippen LogP contribution in [0.1, 0.15) is 38.3 Å². The summed E-state index contributed by atoms with van der Waals surface area (Å²) in [5, 5.41) is 23.7. The molecule has 0 bridgehead atoms.